The van der Waals surface area contributed by atoms with Gasteiger partial charge >= 0.3 is 0 Å². The Morgan fingerprint density at radius 3 is 2.72 bits per heavy atom. The number of rotatable bonds is 3. The van der Waals surface area contributed by atoms with Crippen LogP contribution in [0.1, 0.15) is 31.0 Å². The normalized spacial score (nSPS) is 22.3. The fraction of sp³-hybridized carbons (Fsp3) is 0.636. The van der Waals surface area contributed by atoms with Crippen LogP contribution in [0.4, 0.5) is 0 Å². The van der Waals surface area contributed by atoms with Crippen molar-refractivity contribution in [1.82, 2.24) is 18.6 Å². The average Bonchev–Trinajstić information content (AvgIpc) is 2.39. The summed E-state index contributed by atoms with van der Waals surface area (Å²) >= 11 is 0. The van der Waals surface area contributed by atoms with Crippen LogP contribution in [0.15, 0.2) is 18.6 Å². The number of hydrogen-bond donors (Lipinski definition) is 0. The molecule has 0 bridgehead atoms. The van der Waals surface area contributed by atoms with E-state index in [4.69, 9.17) is 0 Å². The fourth-order valence-electron chi connectivity index (χ4n) is 2.17. The Morgan fingerprint density at radius 2 is 2.11 bits per heavy atom. The highest BCUT2D eigenvalue weighted by atomic mass is 32.2. The van der Waals surface area contributed by atoms with Crippen LogP contribution in [0.25, 0.3) is 0 Å². The van der Waals surface area contributed by atoms with Crippen molar-refractivity contribution in [2.45, 2.75) is 25.3 Å². The van der Waals surface area contributed by atoms with Crippen LogP contribution in [0.5, 0.6) is 0 Å². The Balaban J connectivity index is 2.33. The number of aromatic nitrogens is 2. The van der Waals surface area contributed by atoms with E-state index in [1.807, 2.05) is 0 Å². The molecule has 2 heterocycles. The monoisotopic (exact) mass is 270 g/mol. The summed E-state index contributed by atoms with van der Waals surface area (Å²) < 4.78 is 27.3. The summed E-state index contributed by atoms with van der Waals surface area (Å²) in [6.45, 7) is 0.543. The second-order valence-electron chi connectivity index (χ2n) is 4.54. The molecule has 100 valence electrons. The van der Waals surface area contributed by atoms with Crippen LogP contribution >= 0.6 is 0 Å². The molecule has 0 unspecified atom stereocenters. The predicted molar refractivity (Wildman–Crippen MR) is 67.9 cm³/mol. The molecule has 1 aromatic heterocycles. The maximum Gasteiger partial charge on any atom is 0.282 e. The highest BCUT2D eigenvalue weighted by Gasteiger charge is 2.35. The fourth-order valence-corrected chi connectivity index (χ4v) is 3.48. The van der Waals surface area contributed by atoms with Gasteiger partial charge in [0.2, 0.25) is 0 Å². The molecule has 0 aromatic carbocycles. The second kappa shape index (κ2) is 5.29. The zero-order valence-corrected chi connectivity index (χ0v) is 11.5. The van der Waals surface area contributed by atoms with E-state index in [1.54, 1.807) is 32.7 Å². The molecule has 2 rings (SSSR count). The van der Waals surface area contributed by atoms with Crippen molar-refractivity contribution in [2.75, 3.05) is 20.6 Å². The summed E-state index contributed by atoms with van der Waals surface area (Å²) in [5.41, 5.74) is 0.725. The Morgan fingerprint density at radius 1 is 1.33 bits per heavy atom. The maximum atomic E-state index is 12.3. The van der Waals surface area contributed by atoms with E-state index < -0.39 is 10.2 Å². The molecule has 1 atom stereocenters. The lowest BCUT2D eigenvalue weighted by molar-refractivity contribution is 0.238. The van der Waals surface area contributed by atoms with Gasteiger partial charge in [-0.3, -0.25) is 9.97 Å². The molecule has 0 radical (unpaired) electrons. The first-order valence-corrected chi connectivity index (χ1v) is 7.38. The smallest absolute Gasteiger partial charge is 0.261 e. The average molecular weight is 270 g/mol. The molecule has 0 spiro atoms. The molecule has 1 aromatic rings. The van der Waals surface area contributed by atoms with Crippen molar-refractivity contribution >= 4 is 10.2 Å². The van der Waals surface area contributed by atoms with Gasteiger partial charge in [0.25, 0.3) is 10.2 Å². The van der Waals surface area contributed by atoms with Gasteiger partial charge in [-0.2, -0.15) is 17.0 Å². The Hall–Kier alpha value is -1.05. The quantitative estimate of drug-likeness (QED) is 0.815. The molecule has 1 fully saturated rings. The van der Waals surface area contributed by atoms with E-state index in [0.717, 1.165) is 25.0 Å². The predicted octanol–water partition coefficient (Wildman–Crippen LogP) is 0.810. The lowest BCUT2D eigenvalue weighted by Gasteiger charge is -2.35. The summed E-state index contributed by atoms with van der Waals surface area (Å²) in [6.07, 6.45) is 7.55. The van der Waals surface area contributed by atoms with Crippen LogP contribution in [-0.4, -0.2) is 47.6 Å². The van der Waals surface area contributed by atoms with Gasteiger partial charge in [-0.25, -0.2) is 0 Å². The third-order valence-electron chi connectivity index (χ3n) is 3.14. The zero-order chi connectivity index (χ0) is 13.2. The highest BCUT2D eigenvalue weighted by molar-refractivity contribution is 7.86. The second-order valence-corrected chi connectivity index (χ2v) is 6.64. The van der Waals surface area contributed by atoms with Gasteiger partial charge in [0, 0.05) is 33.0 Å². The first kappa shape index (κ1) is 13.4. The molecule has 1 aliphatic heterocycles. The third kappa shape index (κ3) is 2.52. The molecule has 1 aliphatic rings. The van der Waals surface area contributed by atoms with Crippen LogP contribution in [0.3, 0.4) is 0 Å². The molecule has 0 amide bonds. The minimum absolute atomic E-state index is 0.195. The lowest BCUT2D eigenvalue weighted by Crippen LogP contribution is -2.44. The summed E-state index contributed by atoms with van der Waals surface area (Å²) in [4.78, 5) is 8.26. The van der Waals surface area contributed by atoms with E-state index in [0.29, 0.717) is 6.54 Å². The van der Waals surface area contributed by atoms with Gasteiger partial charge in [-0.1, -0.05) is 6.42 Å². The number of nitrogens with zero attached hydrogens (tertiary/aromatic N) is 4. The number of hydrogen-bond acceptors (Lipinski definition) is 4. The van der Waals surface area contributed by atoms with Crippen molar-refractivity contribution in [3.8, 4) is 0 Å². The van der Waals surface area contributed by atoms with Crippen LogP contribution in [-0.2, 0) is 10.2 Å². The van der Waals surface area contributed by atoms with Crippen molar-refractivity contribution in [1.29, 1.82) is 0 Å². The Bertz CT molecular complexity index is 489. The third-order valence-corrected chi connectivity index (χ3v) is 5.09. The van der Waals surface area contributed by atoms with Crippen LogP contribution in [0.2, 0.25) is 0 Å². The van der Waals surface area contributed by atoms with Gasteiger partial charge in [0.05, 0.1) is 17.9 Å². The minimum Gasteiger partial charge on any atom is -0.261 e. The topological polar surface area (TPSA) is 66.4 Å². The van der Waals surface area contributed by atoms with Crippen molar-refractivity contribution in [3.63, 3.8) is 0 Å². The molecular weight excluding hydrogens is 252 g/mol. The summed E-state index contributed by atoms with van der Waals surface area (Å²) in [6, 6.07) is -0.195. The largest absolute Gasteiger partial charge is 0.282 e. The first-order valence-electron chi connectivity index (χ1n) is 5.98. The van der Waals surface area contributed by atoms with Gasteiger partial charge in [0.15, 0.2) is 0 Å². The standard InChI is InChI=1S/C11H18N4O2S/c1-14(2)18(16,17)15-8-4-3-5-11(15)10-9-12-6-7-13-10/h6-7,9,11H,3-5,8H2,1-2H3/t11-/m1/s1. The summed E-state index contributed by atoms with van der Waals surface area (Å²) in [5.74, 6) is 0. The Labute approximate surface area is 108 Å². The lowest BCUT2D eigenvalue weighted by atomic mass is 10.0. The van der Waals surface area contributed by atoms with E-state index in [9.17, 15) is 8.42 Å². The molecule has 6 nitrogen and oxygen atoms in total. The minimum atomic E-state index is -3.40. The van der Waals surface area contributed by atoms with Gasteiger partial charge in [0.1, 0.15) is 0 Å². The van der Waals surface area contributed by atoms with Gasteiger partial charge in [-0.15, -0.1) is 0 Å². The van der Waals surface area contributed by atoms with Gasteiger partial charge < -0.3 is 0 Å². The Kier molecular flexibility index (Phi) is 3.94. The molecule has 7 heteroatoms. The van der Waals surface area contributed by atoms with Gasteiger partial charge in [-0.05, 0) is 12.8 Å². The van der Waals surface area contributed by atoms with E-state index in [-0.39, 0.29) is 6.04 Å². The zero-order valence-electron chi connectivity index (χ0n) is 10.7. The number of piperidine rings is 1. The molecule has 18 heavy (non-hydrogen) atoms. The van der Waals surface area contributed by atoms with E-state index in [2.05, 4.69) is 9.97 Å². The van der Waals surface area contributed by atoms with Crippen molar-refractivity contribution in [3.05, 3.63) is 24.3 Å². The first-order chi connectivity index (χ1) is 8.53. The maximum absolute atomic E-state index is 12.3. The van der Waals surface area contributed by atoms with Crippen LogP contribution in [0, 0.1) is 0 Å². The molecule has 0 aliphatic carbocycles. The molecular formula is C11H18N4O2S. The molecule has 1 saturated heterocycles. The van der Waals surface area contributed by atoms with E-state index in [1.165, 1.54) is 8.61 Å². The van der Waals surface area contributed by atoms with Crippen molar-refractivity contribution < 1.29 is 8.42 Å². The summed E-state index contributed by atoms with van der Waals surface area (Å²) in [5, 5.41) is 0. The summed E-state index contributed by atoms with van der Waals surface area (Å²) in [7, 11) is -0.292. The molecule has 0 saturated carbocycles. The van der Waals surface area contributed by atoms with Crippen LogP contribution < -0.4 is 0 Å². The molecule has 0 N–H and O–H groups in total. The van der Waals surface area contributed by atoms with E-state index >= 15 is 0 Å². The SMILES string of the molecule is CN(C)S(=O)(=O)N1CCCC[C@@H]1c1cnccn1. The highest BCUT2D eigenvalue weighted by Crippen LogP contribution is 2.32. The van der Waals surface area contributed by atoms with Crippen molar-refractivity contribution in [2.24, 2.45) is 0 Å².